The number of nitrogens with zero attached hydrogens (tertiary/aromatic N) is 4. The lowest BCUT2D eigenvalue weighted by Gasteiger charge is -2.25. The fraction of sp³-hybridized carbons (Fsp3) is 0.400. The molecule has 0 amide bonds. The van der Waals surface area contributed by atoms with E-state index in [4.69, 9.17) is 5.73 Å². The van der Waals surface area contributed by atoms with Gasteiger partial charge in [0.25, 0.3) is 0 Å². The van der Waals surface area contributed by atoms with Gasteiger partial charge in [0.05, 0.1) is 6.54 Å². The predicted octanol–water partition coefficient (Wildman–Crippen LogP) is 1.47. The summed E-state index contributed by atoms with van der Waals surface area (Å²) in [5.74, 6) is 2.13. The monoisotopic (exact) mass is 284 g/mol. The van der Waals surface area contributed by atoms with Gasteiger partial charge in [0.2, 0.25) is 0 Å². The SMILES string of the molecule is NC(=NCc1ccc(-n2ccnc2)nc1)NCC1CCC1. The number of aromatic nitrogens is 3. The third kappa shape index (κ3) is 3.59. The normalized spacial score (nSPS) is 15.7. The van der Waals surface area contributed by atoms with Crippen molar-refractivity contribution in [1.82, 2.24) is 19.9 Å². The third-order valence-corrected chi connectivity index (χ3v) is 3.81. The van der Waals surface area contributed by atoms with Crippen molar-refractivity contribution in [3.8, 4) is 5.82 Å². The van der Waals surface area contributed by atoms with Gasteiger partial charge in [-0.3, -0.25) is 4.57 Å². The van der Waals surface area contributed by atoms with Crippen LogP contribution in [-0.2, 0) is 6.54 Å². The fourth-order valence-electron chi connectivity index (χ4n) is 2.24. The number of aliphatic imine (C=N–C) groups is 1. The zero-order chi connectivity index (χ0) is 14.5. The molecule has 2 aromatic heterocycles. The molecule has 0 aliphatic heterocycles. The minimum Gasteiger partial charge on any atom is -0.370 e. The molecule has 110 valence electrons. The lowest BCUT2D eigenvalue weighted by atomic mass is 9.85. The maximum absolute atomic E-state index is 5.86. The van der Waals surface area contributed by atoms with Crippen LogP contribution in [0.5, 0.6) is 0 Å². The van der Waals surface area contributed by atoms with Crippen molar-refractivity contribution in [1.29, 1.82) is 0 Å². The molecule has 1 saturated carbocycles. The first-order chi connectivity index (χ1) is 10.3. The molecule has 0 spiro atoms. The molecule has 2 aromatic rings. The smallest absolute Gasteiger partial charge is 0.188 e. The molecule has 0 unspecified atom stereocenters. The lowest BCUT2D eigenvalue weighted by molar-refractivity contribution is 0.315. The first kappa shape index (κ1) is 13.6. The second kappa shape index (κ2) is 6.39. The molecule has 6 nitrogen and oxygen atoms in total. The van der Waals surface area contributed by atoms with E-state index in [2.05, 4.69) is 20.3 Å². The average Bonchev–Trinajstić information content (AvgIpc) is 2.98. The van der Waals surface area contributed by atoms with Crippen LogP contribution in [0.15, 0.2) is 42.0 Å². The van der Waals surface area contributed by atoms with Crippen LogP contribution in [0.2, 0.25) is 0 Å². The standard InChI is InChI=1S/C15H20N6/c16-15(19-8-12-2-1-3-12)20-10-13-4-5-14(18-9-13)21-7-6-17-11-21/h4-7,9,11-12H,1-3,8,10H2,(H3,16,19,20). The molecule has 0 aromatic carbocycles. The number of hydrogen-bond acceptors (Lipinski definition) is 3. The summed E-state index contributed by atoms with van der Waals surface area (Å²) in [6.45, 7) is 1.48. The second-order valence-corrected chi connectivity index (χ2v) is 5.37. The van der Waals surface area contributed by atoms with Crippen molar-refractivity contribution in [3.05, 3.63) is 42.6 Å². The van der Waals surface area contributed by atoms with Crippen LogP contribution < -0.4 is 11.1 Å². The van der Waals surface area contributed by atoms with Gasteiger partial charge in [0.1, 0.15) is 12.1 Å². The maximum Gasteiger partial charge on any atom is 0.188 e. The van der Waals surface area contributed by atoms with Gasteiger partial charge in [-0.1, -0.05) is 12.5 Å². The van der Waals surface area contributed by atoms with Crippen molar-refractivity contribution < 1.29 is 0 Å². The Kier molecular flexibility index (Phi) is 4.14. The Morgan fingerprint density at radius 3 is 2.95 bits per heavy atom. The molecule has 1 aliphatic rings. The molecular weight excluding hydrogens is 264 g/mol. The van der Waals surface area contributed by atoms with Crippen molar-refractivity contribution in [3.63, 3.8) is 0 Å². The summed E-state index contributed by atoms with van der Waals surface area (Å²) in [4.78, 5) is 12.7. The Bertz CT molecular complexity index is 583. The van der Waals surface area contributed by atoms with Gasteiger partial charge in [-0.25, -0.2) is 15.0 Å². The summed E-state index contributed by atoms with van der Waals surface area (Å²) in [5.41, 5.74) is 6.90. The molecule has 2 heterocycles. The van der Waals surface area contributed by atoms with Crippen molar-refractivity contribution >= 4 is 5.96 Å². The van der Waals surface area contributed by atoms with Crippen LogP contribution in [0.4, 0.5) is 0 Å². The topological polar surface area (TPSA) is 81.1 Å². The highest BCUT2D eigenvalue weighted by Crippen LogP contribution is 2.24. The van der Waals surface area contributed by atoms with Crippen LogP contribution in [-0.4, -0.2) is 27.0 Å². The number of pyridine rings is 1. The van der Waals surface area contributed by atoms with Crippen molar-refractivity contribution in [2.24, 2.45) is 16.6 Å². The Balaban J connectivity index is 1.52. The summed E-state index contributed by atoms with van der Waals surface area (Å²) in [6, 6.07) is 3.95. The average molecular weight is 284 g/mol. The van der Waals surface area contributed by atoms with E-state index >= 15 is 0 Å². The number of nitrogens with two attached hydrogens (primary N) is 1. The molecule has 3 rings (SSSR count). The Morgan fingerprint density at radius 2 is 2.33 bits per heavy atom. The lowest BCUT2D eigenvalue weighted by Crippen LogP contribution is -2.37. The zero-order valence-electron chi connectivity index (χ0n) is 11.9. The highest BCUT2D eigenvalue weighted by molar-refractivity contribution is 5.77. The van der Waals surface area contributed by atoms with E-state index in [1.54, 1.807) is 12.5 Å². The van der Waals surface area contributed by atoms with Gasteiger partial charge in [-0.05, 0) is 30.4 Å². The molecule has 0 saturated heterocycles. The molecule has 21 heavy (non-hydrogen) atoms. The van der Waals surface area contributed by atoms with Gasteiger partial charge in [0, 0.05) is 25.1 Å². The molecule has 0 atom stereocenters. The van der Waals surface area contributed by atoms with Gasteiger partial charge in [0.15, 0.2) is 5.96 Å². The van der Waals surface area contributed by atoms with E-state index in [0.717, 1.165) is 23.8 Å². The number of imidazole rings is 1. The Labute approximate surface area is 124 Å². The molecule has 0 radical (unpaired) electrons. The summed E-state index contributed by atoms with van der Waals surface area (Å²) in [7, 11) is 0. The molecular formula is C15H20N6. The maximum atomic E-state index is 5.86. The van der Waals surface area contributed by atoms with E-state index in [-0.39, 0.29) is 0 Å². The van der Waals surface area contributed by atoms with Crippen LogP contribution >= 0.6 is 0 Å². The van der Waals surface area contributed by atoms with E-state index in [9.17, 15) is 0 Å². The number of hydrogen-bond donors (Lipinski definition) is 2. The van der Waals surface area contributed by atoms with E-state index in [1.807, 2.05) is 29.1 Å². The second-order valence-electron chi connectivity index (χ2n) is 5.37. The van der Waals surface area contributed by atoms with Crippen LogP contribution in [0, 0.1) is 5.92 Å². The molecule has 1 fully saturated rings. The van der Waals surface area contributed by atoms with Gasteiger partial charge >= 0.3 is 0 Å². The number of nitrogens with one attached hydrogen (secondary N) is 1. The van der Waals surface area contributed by atoms with E-state index in [0.29, 0.717) is 12.5 Å². The minimum atomic E-state index is 0.514. The molecule has 0 bridgehead atoms. The highest BCUT2D eigenvalue weighted by atomic mass is 15.1. The molecule has 3 N–H and O–H groups in total. The van der Waals surface area contributed by atoms with Gasteiger partial charge < -0.3 is 11.1 Å². The molecule has 6 heteroatoms. The summed E-state index contributed by atoms with van der Waals surface area (Å²) < 4.78 is 1.86. The first-order valence-electron chi connectivity index (χ1n) is 7.28. The quantitative estimate of drug-likeness (QED) is 0.643. The van der Waals surface area contributed by atoms with E-state index in [1.165, 1.54) is 19.3 Å². The minimum absolute atomic E-state index is 0.514. The number of guanidine groups is 1. The van der Waals surface area contributed by atoms with Crippen LogP contribution in [0.1, 0.15) is 24.8 Å². The summed E-state index contributed by atoms with van der Waals surface area (Å²) in [6.07, 6.45) is 11.1. The predicted molar refractivity (Wildman–Crippen MR) is 82.0 cm³/mol. The number of rotatable bonds is 5. The van der Waals surface area contributed by atoms with Crippen LogP contribution in [0.25, 0.3) is 5.82 Å². The Hall–Kier alpha value is -2.37. The highest BCUT2D eigenvalue weighted by Gasteiger charge is 2.16. The van der Waals surface area contributed by atoms with Crippen molar-refractivity contribution in [2.45, 2.75) is 25.8 Å². The van der Waals surface area contributed by atoms with Crippen molar-refractivity contribution in [2.75, 3.05) is 6.54 Å². The van der Waals surface area contributed by atoms with E-state index < -0.39 is 0 Å². The first-order valence-corrected chi connectivity index (χ1v) is 7.28. The van der Waals surface area contributed by atoms with Crippen LogP contribution in [0.3, 0.4) is 0 Å². The largest absolute Gasteiger partial charge is 0.370 e. The zero-order valence-corrected chi connectivity index (χ0v) is 11.9. The molecule has 1 aliphatic carbocycles. The third-order valence-electron chi connectivity index (χ3n) is 3.81. The van der Waals surface area contributed by atoms with Gasteiger partial charge in [-0.2, -0.15) is 0 Å². The van der Waals surface area contributed by atoms with Gasteiger partial charge in [-0.15, -0.1) is 0 Å². The Morgan fingerprint density at radius 1 is 1.43 bits per heavy atom. The summed E-state index contributed by atoms with van der Waals surface area (Å²) in [5, 5.41) is 3.18. The fourth-order valence-corrected chi connectivity index (χ4v) is 2.24. The summed E-state index contributed by atoms with van der Waals surface area (Å²) >= 11 is 0.